The minimum atomic E-state index is -0.611. The van der Waals surface area contributed by atoms with Crippen molar-refractivity contribution >= 4 is 17.8 Å². The predicted molar refractivity (Wildman–Crippen MR) is 105 cm³/mol. The summed E-state index contributed by atoms with van der Waals surface area (Å²) in [7, 11) is 0. The molecule has 3 rings (SSSR count). The molecule has 1 saturated heterocycles. The Hall–Kier alpha value is -3.15. The van der Waals surface area contributed by atoms with Gasteiger partial charge < -0.3 is 10.1 Å². The molecule has 0 spiro atoms. The maximum absolute atomic E-state index is 12.6. The molecule has 1 aliphatic rings. The molecule has 0 bridgehead atoms. The van der Waals surface area contributed by atoms with Crippen LogP contribution >= 0.6 is 0 Å². The topological polar surface area (TPSA) is 75.7 Å². The molecule has 6 heteroatoms. The lowest BCUT2D eigenvalue weighted by atomic mass is 10.0. The Morgan fingerprint density at radius 1 is 0.964 bits per heavy atom. The molecule has 6 nitrogen and oxygen atoms in total. The van der Waals surface area contributed by atoms with Crippen molar-refractivity contribution in [3.05, 3.63) is 71.8 Å². The summed E-state index contributed by atoms with van der Waals surface area (Å²) in [5, 5.41) is 2.67. The third-order valence-corrected chi connectivity index (χ3v) is 4.76. The molecule has 1 heterocycles. The molecule has 1 aliphatic heterocycles. The molecule has 0 unspecified atom stereocenters. The molecule has 1 fully saturated rings. The van der Waals surface area contributed by atoms with E-state index in [1.807, 2.05) is 36.4 Å². The summed E-state index contributed by atoms with van der Waals surface area (Å²) >= 11 is 0. The van der Waals surface area contributed by atoms with Gasteiger partial charge in [-0.1, -0.05) is 60.7 Å². The highest BCUT2D eigenvalue weighted by Gasteiger charge is 2.33. The largest absolute Gasteiger partial charge is 0.445 e. The van der Waals surface area contributed by atoms with Gasteiger partial charge in [-0.25, -0.2) is 4.79 Å². The zero-order chi connectivity index (χ0) is 19.8. The Labute approximate surface area is 164 Å². The maximum Gasteiger partial charge on any atom is 0.410 e. The van der Waals surface area contributed by atoms with Crippen molar-refractivity contribution in [1.29, 1.82) is 0 Å². The van der Waals surface area contributed by atoms with Crippen LogP contribution < -0.4 is 5.32 Å². The standard InChI is InChI=1S/C22H24N2O4/c25-20(18-11-5-2-6-12-18)15-23-21(26)19-13-7-8-14-24(19)22(27)28-16-17-9-3-1-4-10-17/h1-6,9-12,19H,7-8,13-16H2,(H,23,26)/t19-/m0/s1. The number of Topliss-reactive ketones (excluding diaryl/α,β-unsaturated/α-hetero) is 1. The number of nitrogens with one attached hydrogen (secondary N) is 1. The number of piperidine rings is 1. The van der Waals surface area contributed by atoms with Crippen LogP contribution in [0, 0.1) is 0 Å². The monoisotopic (exact) mass is 380 g/mol. The average molecular weight is 380 g/mol. The molecular weight excluding hydrogens is 356 g/mol. The quantitative estimate of drug-likeness (QED) is 0.781. The highest BCUT2D eigenvalue weighted by molar-refractivity contribution is 6.00. The number of carbonyl (C=O) groups excluding carboxylic acids is 3. The Kier molecular flexibility index (Phi) is 6.78. The minimum Gasteiger partial charge on any atom is -0.445 e. The summed E-state index contributed by atoms with van der Waals surface area (Å²) < 4.78 is 5.38. The van der Waals surface area contributed by atoms with Gasteiger partial charge in [-0.3, -0.25) is 14.5 Å². The third-order valence-electron chi connectivity index (χ3n) is 4.76. The van der Waals surface area contributed by atoms with Crippen LogP contribution in [0.25, 0.3) is 0 Å². The molecule has 2 aromatic carbocycles. The van der Waals surface area contributed by atoms with E-state index in [0.717, 1.165) is 18.4 Å². The van der Waals surface area contributed by atoms with E-state index in [-0.39, 0.29) is 24.8 Å². The lowest BCUT2D eigenvalue weighted by Crippen LogP contribution is -2.52. The Balaban J connectivity index is 1.55. The zero-order valence-electron chi connectivity index (χ0n) is 15.7. The van der Waals surface area contributed by atoms with Gasteiger partial charge in [-0.05, 0) is 24.8 Å². The average Bonchev–Trinajstić information content (AvgIpc) is 2.77. The molecule has 0 aromatic heterocycles. The van der Waals surface area contributed by atoms with E-state index in [2.05, 4.69) is 5.32 Å². The Morgan fingerprint density at radius 3 is 2.36 bits per heavy atom. The number of ketones is 1. The van der Waals surface area contributed by atoms with Crippen LogP contribution in [0.5, 0.6) is 0 Å². The van der Waals surface area contributed by atoms with Gasteiger partial charge in [0, 0.05) is 12.1 Å². The number of hydrogen-bond acceptors (Lipinski definition) is 4. The van der Waals surface area contributed by atoms with E-state index < -0.39 is 12.1 Å². The lowest BCUT2D eigenvalue weighted by molar-refractivity contribution is -0.126. The van der Waals surface area contributed by atoms with Gasteiger partial charge >= 0.3 is 6.09 Å². The first-order valence-corrected chi connectivity index (χ1v) is 9.48. The van der Waals surface area contributed by atoms with Gasteiger partial charge in [0.25, 0.3) is 0 Å². The number of hydrogen-bond donors (Lipinski definition) is 1. The van der Waals surface area contributed by atoms with Crippen LogP contribution in [0.2, 0.25) is 0 Å². The van der Waals surface area contributed by atoms with E-state index >= 15 is 0 Å². The number of likely N-dealkylation sites (tertiary alicyclic amines) is 1. The predicted octanol–water partition coefficient (Wildman–Crippen LogP) is 3.18. The second kappa shape index (κ2) is 9.69. The van der Waals surface area contributed by atoms with Gasteiger partial charge in [0.15, 0.2) is 5.78 Å². The normalized spacial score (nSPS) is 16.3. The fourth-order valence-electron chi connectivity index (χ4n) is 3.24. The van der Waals surface area contributed by atoms with E-state index in [9.17, 15) is 14.4 Å². The summed E-state index contributed by atoms with van der Waals surface area (Å²) in [6.07, 6.45) is 1.74. The fraction of sp³-hybridized carbons (Fsp3) is 0.318. The number of rotatable bonds is 6. The summed E-state index contributed by atoms with van der Waals surface area (Å²) in [5.74, 6) is -0.483. The molecule has 0 radical (unpaired) electrons. The second-order valence-electron chi connectivity index (χ2n) is 6.75. The first-order valence-electron chi connectivity index (χ1n) is 9.48. The maximum atomic E-state index is 12.6. The molecule has 146 valence electrons. The molecule has 1 N–H and O–H groups in total. The van der Waals surface area contributed by atoms with Gasteiger partial charge in [0.1, 0.15) is 12.6 Å². The number of ether oxygens (including phenoxy) is 1. The van der Waals surface area contributed by atoms with Crippen LogP contribution in [-0.4, -0.2) is 41.8 Å². The molecule has 28 heavy (non-hydrogen) atoms. The van der Waals surface area contributed by atoms with E-state index in [1.54, 1.807) is 24.3 Å². The second-order valence-corrected chi connectivity index (χ2v) is 6.75. The summed E-state index contributed by atoms with van der Waals surface area (Å²) in [6, 6.07) is 17.6. The fourth-order valence-corrected chi connectivity index (χ4v) is 3.24. The van der Waals surface area contributed by atoms with Crippen molar-refractivity contribution in [2.24, 2.45) is 0 Å². The molecule has 2 aromatic rings. The van der Waals surface area contributed by atoms with E-state index in [4.69, 9.17) is 4.74 Å². The third kappa shape index (κ3) is 5.19. The zero-order valence-corrected chi connectivity index (χ0v) is 15.7. The number of nitrogens with zero attached hydrogens (tertiary/aromatic N) is 1. The first kappa shape index (κ1) is 19.6. The van der Waals surface area contributed by atoms with Gasteiger partial charge in [0.05, 0.1) is 6.54 Å². The summed E-state index contributed by atoms with van der Waals surface area (Å²) in [4.78, 5) is 38.8. The van der Waals surface area contributed by atoms with Crippen molar-refractivity contribution in [3.63, 3.8) is 0 Å². The molecule has 0 saturated carbocycles. The van der Waals surface area contributed by atoms with Crippen LogP contribution in [0.3, 0.4) is 0 Å². The van der Waals surface area contributed by atoms with Gasteiger partial charge in [-0.2, -0.15) is 0 Å². The number of carbonyl (C=O) groups is 3. The molecule has 0 aliphatic carbocycles. The van der Waals surface area contributed by atoms with Crippen LogP contribution in [0.1, 0.15) is 35.2 Å². The summed E-state index contributed by atoms with van der Waals surface area (Å²) in [5.41, 5.74) is 1.44. The van der Waals surface area contributed by atoms with Crippen LogP contribution in [0.15, 0.2) is 60.7 Å². The van der Waals surface area contributed by atoms with Crippen LogP contribution in [-0.2, 0) is 16.1 Å². The van der Waals surface area contributed by atoms with Crippen molar-refractivity contribution in [1.82, 2.24) is 10.2 Å². The lowest BCUT2D eigenvalue weighted by Gasteiger charge is -2.33. The smallest absolute Gasteiger partial charge is 0.410 e. The van der Waals surface area contributed by atoms with Crippen molar-refractivity contribution < 1.29 is 19.1 Å². The van der Waals surface area contributed by atoms with Gasteiger partial charge in [0.2, 0.25) is 5.91 Å². The van der Waals surface area contributed by atoms with E-state index in [0.29, 0.717) is 18.5 Å². The molecular formula is C22H24N2O4. The number of amides is 2. The summed E-state index contributed by atoms with van der Waals surface area (Å²) in [6.45, 7) is 0.543. The van der Waals surface area contributed by atoms with Crippen LogP contribution in [0.4, 0.5) is 4.79 Å². The van der Waals surface area contributed by atoms with Gasteiger partial charge in [-0.15, -0.1) is 0 Å². The van der Waals surface area contributed by atoms with E-state index in [1.165, 1.54) is 4.90 Å². The Bertz CT molecular complexity index is 808. The molecule has 2 amide bonds. The first-order chi connectivity index (χ1) is 13.6. The minimum absolute atomic E-state index is 0.0910. The SMILES string of the molecule is O=C(CNC(=O)[C@@H]1CCCCN1C(=O)OCc1ccccc1)c1ccccc1. The van der Waals surface area contributed by atoms with Crippen molar-refractivity contribution in [2.45, 2.75) is 31.9 Å². The highest BCUT2D eigenvalue weighted by atomic mass is 16.6. The molecule has 1 atom stereocenters. The van der Waals surface area contributed by atoms with Crippen molar-refractivity contribution in [2.75, 3.05) is 13.1 Å². The number of benzene rings is 2. The van der Waals surface area contributed by atoms with Crippen molar-refractivity contribution in [3.8, 4) is 0 Å². The Morgan fingerprint density at radius 2 is 1.64 bits per heavy atom. The highest BCUT2D eigenvalue weighted by Crippen LogP contribution is 2.19.